The molecule has 220 valence electrons. The first-order valence-corrected chi connectivity index (χ1v) is 14.9. The maximum absolute atomic E-state index is 14.0. The zero-order valence-corrected chi connectivity index (χ0v) is 24.7. The van der Waals surface area contributed by atoms with Gasteiger partial charge in [-0.05, 0) is 80.5 Å². The van der Waals surface area contributed by atoms with Gasteiger partial charge in [-0.3, -0.25) is 14.4 Å². The molecule has 9 nitrogen and oxygen atoms in total. The Kier molecular flexibility index (Phi) is 8.02. The van der Waals surface area contributed by atoms with Crippen LogP contribution in [0.5, 0.6) is 11.5 Å². The summed E-state index contributed by atoms with van der Waals surface area (Å²) in [6, 6.07) is 18.3. The maximum atomic E-state index is 14.0. The van der Waals surface area contributed by atoms with E-state index in [1.54, 1.807) is 12.4 Å². The smallest absolute Gasteiger partial charge is 0.231 e. The SMILES string of the molecule is CN(C)c1ccc(N2CCC(CN(C(=O)C3CCC(O)CC3)c3cc(Oc4cccc5c4cnn5C)ccn3)C2)cc1. The van der Waals surface area contributed by atoms with Gasteiger partial charge in [0.2, 0.25) is 5.91 Å². The number of carbonyl (C=O) groups excluding carboxylic acids is 1. The molecule has 9 heteroatoms. The first-order valence-electron chi connectivity index (χ1n) is 14.9. The van der Waals surface area contributed by atoms with Crippen LogP contribution in [0.1, 0.15) is 32.1 Å². The number of aliphatic hydroxyl groups is 1. The summed E-state index contributed by atoms with van der Waals surface area (Å²) in [7, 11) is 6.01. The second-order valence-corrected chi connectivity index (χ2v) is 11.9. The third kappa shape index (κ3) is 5.92. The Balaban J connectivity index is 1.23. The second kappa shape index (κ2) is 12.0. The minimum absolute atomic E-state index is 0.0923. The highest BCUT2D eigenvalue weighted by atomic mass is 16.5. The van der Waals surface area contributed by atoms with Crippen LogP contribution in [0.3, 0.4) is 0 Å². The summed E-state index contributed by atoms with van der Waals surface area (Å²) in [6.07, 6.45) is 6.94. The number of amides is 1. The molecule has 1 saturated heterocycles. The molecule has 1 saturated carbocycles. The van der Waals surface area contributed by atoms with Crippen LogP contribution in [0, 0.1) is 11.8 Å². The molecular weight excluding hydrogens is 528 g/mol. The van der Waals surface area contributed by atoms with Crippen LogP contribution in [0.25, 0.3) is 10.9 Å². The number of aryl methyl sites for hydroxylation is 1. The molecule has 1 unspecified atom stereocenters. The molecule has 2 aliphatic rings. The average Bonchev–Trinajstić information content (AvgIpc) is 3.63. The Hall–Kier alpha value is -4.11. The number of benzene rings is 2. The fourth-order valence-electron chi connectivity index (χ4n) is 6.25. The zero-order valence-electron chi connectivity index (χ0n) is 24.7. The standard InChI is InChI=1S/C33H40N6O3/c1-36(2)25-9-11-26(12-10-25)38-18-16-23(21-38)22-39(33(41)24-7-13-27(40)14-8-24)32-19-28(15-17-34-32)42-31-6-4-5-30-29(31)20-35-37(30)3/h4-6,9-12,15,17,19-20,23-24,27,40H,7-8,13-14,16,18,21-22H2,1-3H3. The summed E-state index contributed by atoms with van der Waals surface area (Å²) >= 11 is 0. The molecule has 1 amide bonds. The van der Waals surface area contributed by atoms with Crippen molar-refractivity contribution in [2.24, 2.45) is 18.9 Å². The lowest BCUT2D eigenvalue weighted by Crippen LogP contribution is -2.42. The molecule has 3 heterocycles. The minimum atomic E-state index is -0.310. The first kappa shape index (κ1) is 28.0. The predicted molar refractivity (Wildman–Crippen MR) is 166 cm³/mol. The molecule has 0 bridgehead atoms. The van der Waals surface area contributed by atoms with E-state index in [4.69, 9.17) is 4.74 Å². The number of ether oxygens (including phenoxy) is 1. The van der Waals surface area contributed by atoms with Crippen molar-refractivity contribution in [3.05, 3.63) is 67.0 Å². The Labute approximate surface area is 247 Å². The number of aliphatic hydroxyl groups excluding tert-OH is 1. The summed E-state index contributed by atoms with van der Waals surface area (Å²) in [6.45, 7) is 2.43. The van der Waals surface area contributed by atoms with E-state index in [0.29, 0.717) is 55.5 Å². The quantitative estimate of drug-likeness (QED) is 0.311. The van der Waals surface area contributed by atoms with Crippen LogP contribution in [-0.4, -0.2) is 65.6 Å². The van der Waals surface area contributed by atoms with Crippen LogP contribution < -0.4 is 19.4 Å². The lowest BCUT2D eigenvalue weighted by Gasteiger charge is -2.32. The Morgan fingerprint density at radius 1 is 1.05 bits per heavy atom. The summed E-state index contributed by atoms with van der Waals surface area (Å²) in [5.74, 6) is 2.24. The van der Waals surface area contributed by atoms with Gasteiger partial charge in [-0.1, -0.05) is 6.07 Å². The fourth-order valence-corrected chi connectivity index (χ4v) is 6.25. The molecule has 2 fully saturated rings. The van der Waals surface area contributed by atoms with Crippen molar-refractivity contribution < 1.29 is 14.6 Å². The van der Waals surface area contributed by atoms with Crippen LogP contribution in [0.15, 0.2) is 67.0 Å². The number of pyridine rings is 1. The molecule has 1 atom stereocenters. The van der Waals surface area contributed by atoms with Gasteiger partial charge < -0.3 is 19.6 Å². The largest absolute Gasteiger partial charge is 0.456 e. The number of hydrogen-bond acceptors (Lipinski definition) is 7. The number of rotatable bonds is 8. The van der Waals surface area contributed by atoms with Gasteiger partial charge in [-0.15, -0.1) is 0 Å². The third-order valence-electron chi connectivity index (χ3n) is 8.74. The van der Waals surface area contributed by atoms with Gasteiger partial charge in [-0.2, -0.15) is 5.10 Å². The van der Waals surface area contributed by atoms with E-state index in [2.05, 4.69) is 44.1 Å². The van der Waals surface area contributed by atoms with Crippen LogP contribution in [0.2, 0.25) is 0 Å². The van der Waals surface area contributed by atoms with Crippen molar-refractivity contribution in [2.45, 2.75) is 38.2 Å². The molecule has 42 heavy (non-hydrogen) atoms. The molecule has 0 radical (unpaired) electrons. The normalized spacial score (nSPS) is 20.6. The monoisotopic (exact) mass is 568 g/mol. The first-order chi connectivity index (χ1) is 20.4. The lowest BCUT2D eigenvalue weighted by atomic mass is 9.86. The Morgan fingerprint density at radius 2 is 1.83 bits per heavy atom. The fraction of sp³-hybridized carbons (Fsp3) is 0.424. The topological polar surface area (TPSA) is 87.0 Å². The van der Waals surface area contributed by atoms with Gasteiger partial charge in [0, 0.05) is 70.3 Å². The van der Waals surface area contributed by atoms with E-state index in [9.17, 15) is 9.90 Å². The maximum Gasteiger partial charge on any atom is 0.231 e. The van der Waals surface area contributed by atoms with Crippen molar-refractivity contribution in [3.8, 4) is 11.5 Å². The van der Waals surface area contributed by atoms with Gasteiger partial charge >= 0.3 is 0 Å². The highest BCUT2D eigenvalue weighted by Gasteiger charge is 2.33. The molecule has 2 aromatic carbocycles. The van der Waals surface area contributed by atoms with E-state index in [0.717, 1.165) is 30.4 Å². The number of fused-ring (bicyclic) bond motifs is 1. The van der Waals surface area contributed by atoms with E-state index in [1.165, 1.54) is 11.4 Å². The van der Waals surface area contributed by atoms with Gasteiger partial charge in [0.1, 0.15) is 17.3 Å². The van der Waals surface area contributed by atoms with Crippen molar-refractivity contribution in [3.63, 3.8) is 0 Å². The Morgan fingerprint density at radius 3 is 2.60 bits per heavy atom. The molecule has 0 spiro atoms. The van der Waals surface area contributed by atoms with Crippen molar-refractivity contribution >= 4 is 34.0 Å². The van der Waals surface area contributed by atoms with Crippen LogP contribution in [-0.2, 0) is 11.8 Å². The number of anilines is 3. The summed E-state index contributed by atoms with van der Waals surface area (Å²) in [5, 5.41) is 15.4. The second-order valence-electron chi connectivity index (χ2n) is 11.9. The van der Waals surface area contributed by atoms with E-state index in [1.807, 2.05) is 61.1 Å². The summed E-state index contributed by atoms with van der Waals surface area (Å²) in [4.78, 5) is 25.1. The lowest BCUT2D eigenvalue weighted by molar-refractivity contribution is -0.124. The zero-order chi connectivity index (χ0) is 29.2. The molecule has 6 rings (SSSR count). The minimum Gasteiger partial charge on any atom is -0.456 e. The van der Waals surface area contributed by atoms with E-state index in [-0.39, 0.29) is 17.9 Å². The van der Waals surface area contributed by atoms with Crippen LogP contribution in [0.4, 0.5) is 17.2 Å². The van der Waals surface area contributed by atoms with Gasteiger partial charge in [0.15, 0.2) is 0 Å². The highest BCUT2D eigenvalue weighted by molar-refractivity contribution is 5.94. The van der Waals surface area contributed by atoms with Crippen molar-refractivity contribution in [1.82, 2.24) is 14.8 Å². The highest BCUT2D eigenvalue weighted by Crippen LogP contribution is 2.34. The molecular formula is C33H40N6O3. The summed E-state index contributed by atoms with van der Waals surface area (Å²) < 4.78 is 8.15. The number of aromatic nitrogens is 3. The summed E-state index contributed by atoms with van der Waals surface area (Å²) in [5.41, 5.74) is 3.37. The van der Waals surface area contributed by atoms with Crippen molar-refractivity contribution in [1.29, 1.82) is 0 Å². The Bertz CT molecular complexity index is 1530. The molecule has 1 aliphatic carbocycles. The number of carbonyl (C=O) groups is 1. The van der Waals surface area contributed by atoms with Crippen molar-refractivity contribution in [2.75, 3.05) is 48.4 Å². The number of nitrogens with zero attached hydrogens (tertiary/aromatic N) is 6. The van der Waals surface area contributed by atoms with E-state index < -0.39 is 0 Å². The average molecular weight is 569 g/mol. The molecule has 2 aromatic heterocycles. The van der Waals surface area contributed by atoms with Crippen LogP contribution >= 0.6 is 0 Å². The van der Waals surface area contributed by atoms with Gasteiger partial charge in [0.25, 0.3) is 0 Å². The predicted octanol–water partition coefficient (Wildman–Crippen LogP) is 5.24. The number of hydrogen-bond donors (Lipinski definition) is 1. The molecule has 1 N–H and O–H groups in total. The molecule has 4 aromatic rings. The van der Waals surface area contributed by atoms with Gasteiger partial charge in [-0.25, -0.2) is 4.98 Å². The van der Waals surface area contributed by atoms with E-state index >= 15 is 0 Å². The van der Waals surface area contributed by atoms with Gasteiger partial charge in [0.05, 0.1) is 23.2 Å². The third-order valence-corrected chi connectivity index (χ3v) is 8.74. The molecule has 1 aliphatic heterocycles.